The first-order valence-corrected chi connectivity index (χ1v) is 10.6. The highest BCUT2D eigenvalue weighted by molar-refractivity contribution is 5.88. The van der Waals surface area contributed by atoms with Crippen LogP contribution < -0.4 is 16.8 Å². The van der Waals surface area contributed by atoms with E-state index in [1.54, 1.807) is 0 Å². The maximum atomic E-state index is 12.9. The number of hydrogen-bond acceptors (Lipinski definition) is 6. The molecule has 0 radical (unpaired) electrons. The minimum atomic E-state index is -1.09. The van der Waals surface area contributed by atoms with Crippen LogP contribution in [0, 0.1) is 0 Å². The highest BCUT2D eigenvalue weighted by Crippen LogP contribution is 2.10. The van der Waals surface area contributed by atoms with Gasteiger partial charge in [0.05, 0.1) is 0 Å². The van der Waals surface area contributed by atoms with E-state index in [0.29, 0.717) is 6.42 Å². The van der Waals surface area contributed by atoms with Crippen LogP contribution >= 0.6 is 0 Å². The lowest BCUT2D eigenvalue weighted by atomic mass is 10.1. The van der Waals surface area contributed by atoms with Crippen molar-refractivity contribution < 1.29 is 23.9 Å². The number of ether oxygens (including phenoxy) is 2. The van der Waals surface area contributed by atoms with Crippen molar-refractivity contribution in [1.29, 1.82) is 0 Å². The first-order chi connectivity index (χ1) is 15.8. The SMILES string of the molecule is CC(=O)O[C@@H](CCCN=C(N)N)C(=O)N[C@@H](Cc1ccccc1)C(=O)OCc1ccccc1. The molecule has 9 heteroatoms. The Hall–Kier alpha value is -3.88. The lowest BCUT2D eigenvalue weighted by Crippen LogP contribution is -2.48. The molecule has 0 heterocycles. The van der Waals surface area contributed by atoms with E-state index >= 15 is 0 Å². The van der Waals surface area contributed by atoms with Crippen LogP contribution in [0.2, 0.25) is 0 Å². The number of hydrogen-bond donors (Lipinski definition) is 3. The van der Waals surface area contributed by atoms with Crippen molar-refractivity contribution in [3.63, 3.8) is 0 Å². The largest absolute Gasteiger partial charge is 0.459 e. The zero-order valence-electron chi connectivity index (χ0n) is 18.6. The Morgan fingerprint density at radius 1 is 0.970 bits per heavy atom. The first-order valence-electron chi connectivity index (χ1n) is 10.6. The van der Waals surface area contributed by atoms with Crippen molar-refractivity contribution >= 4 is 23.8 Å². The summed E-state index contributed by atoms with van der Waals surface area (Å²) >= 11 is 0. The van der Waals surface area contributed by atoms with Crippen molar-refractivity contribution in [3.05, 3.63) is 71.8 Å². The molecule has 2 aromatic carbocycles. The van der Waals surface area contributed by atoms with E-state index in [0.717, 1.165) is 11.1 Å². The Balaban J connectivity index is 2.08. The molecule has 33 heavy (non-hydrogen) atoms. The van der Waals surface area contributed by atoms with E-state index in [2.05, 4.69) is 10.3 Å². The number of benzene rings is 2. The smallest absolute Gasteiger partial charge is 0.329 e. The molecule has 0 aliphatic carbocycles. The molecule has 0 aromatic heterocycles. The number of esters is 2. The lowest BCUT2D eigenvalue weighted by Gasteiger charge is -2.22. The average Bonchev–Trinajstić information content (AvgIpc) is 2.80. The number of amides is 1. The molecule has 5 N–H and O–H groups in total. The highest BCUT2D eigenvalue weighted by atomic mass is 16.5. The number of nitrogens with zero attached hydrogens (tertiary/aromatic N) is 1. The number of carbonyl (C=O) groups excluding carboxylic acids is 3. The van der Waals surface area contributed by atoms with Gasteiger partial charge in [-0.1, -0.05) is 60.7 Å². The summed E-state index contributed by atoms with van der Waals surface area (Å²) in [4.78, 5) is 41.1. The van der Waals surface area contributed by atoms with Crippen LogP contribution in [0.5, 0.6) is 0 Å². The van der Waals surface area contributed by atoms with Crippen molar-refractivity contribution in [2.24, 2.45) is 16.5 Å². The second-order valence-corrected chi connectivity index (χ2v) is 7.39. The van der Waals surface area contributed by atoms with Gasteiger partial charge in [-0.15, -0.1) is 0 Å². The maximum Gasteiger partial charge on any atom is 0.329 e. The Morgan fingerprint density at radius 3 is 2.15 bits per heavy atom. The standard InChI is InChI=1S/C24H30N4O5/c1-17(29)33-21(13-8-14-27-24(25)26)22(30)28-20(15-18-9-4-2-5-10-18)23(31)32-16-19-11-6-3-7-12-19/h2-7,9-12,20-21H,8,13-16H2,1H3,(H,28,30)(H4,25,26,27)/t20-,21-/m0/s1. The van der Waals surface area contributed by atoms with Crippen molar-refractivity contribution in [2.75, 3.05) is 6.54 Å². The van der Waals surface area contributed by atoms with Gasteiger partial charge < -0.3 is 26.3 Å². The molecule has 0 unspecified atom stereocenters. The van der Waals surface area contributed by atoms with Crippen molar-refractivity contribution in [2.45, 2.75) is 44.9 Å². The fourth-order valence-electron chi connectivity index (χ4n) is 3.07. The Bertz CT molecular complexity index is 930. The summed E-state index contributed by atoms with van der Waals surface area (Å²) in [6.45, 7) is 1.57. The molecule has 0 spiro atoms. The van der Waals surface area contributed by atoms with Gasteiger partial charge >= 0.3 is 11.9 Å². The van der Waals surface area contributed by atoms with Gasteiger partial charge in [-0.3, -0.25) is 14.6 Å². The number of nitrogens with two attached hydrogens (primary N) is 2. The fourth-order valence-corrected chi connectivity index (χ4v) is 3.07. The second-order valence-electron chi connectivity index (χ2n) is 7.39. The van der Waals surface area contributed by atoms with E-state index in [9.17, 15) is 14.4 Å². The van der Waals surface area contributed by atoms with Gasteiger partial charge in [0.1, 0.15) is 12.6 Å². The third kappa shape index (κ3) is 9.86. The number of rotatable bonds is 12. The Kier molecular flexibility index (Phi) is 10.4. The Morgan fingerprint density at radius 2 is 1.58 bits per heavy atom. The van der Waals surface area contributed by atoms with Gasteiger partial charge in [-0.05, 0) is 24.0 Å². The third-order valence-corrected chi connectivity index (χ3v) is 4.63. The molecule has 9 nitrogen and oxygen atoms in total. The van der Waals surface area contributed by atoms with E-state index < -0.39 is 30.0 Å². The fraction of sp³-hybridized carbons (Fsp3) is 0.333. The predicted molar refractivity (Wildman–Crippen MR) is 124 cm³/mol. The summed E-state index contributed by atoms with van der Waals surface area (Å²) in [6, 6.07) is 17.5. The van der Waals surface area contributed by atoms with Crippen LogP contribution in [-0.4, -0.2) is 42.5 Å². The molecule has 0 bridgehead atoms. The van der Waals surface area contributed by atoms with Gasteiger partial charge in [0.2, 0.25) is 0 Å². The molecule has 2 atom stereocenters. The zero-order chi connectivity index (χ0) is 24.1. The van der Waals surface area contributed by atoms with Gasteiger partial charge in [0.15, 0.2) is 12.1 Å². The number of nitrogens with one attached hydrogen (secondary N) is 1. The first kappa shape index (κ1) is 25.4. The van der Waals surface area contributed by atoms with Crippen LogP contribution in [0.4, 0.5) is 0 Å². The summed E-state index contributed by atoms with van der Waals surface area (Å²) in [5.74, 6) is -1.85. The van der Waals surface area contributed by atoms with E-state index in [-0.39, 0.29) is 32.0 Å². The summed E-state index contributed by atoms with van der Waals surface area (Å²) < 4.78 is 10.6. The summed E-state index contributed by atoms with van der Waals surface area (Å²) in [5, 5.41) is 2.68. The molecule has 0 fully saturated rings. The molecule has 0 aliphatic heterocycles. The van der Waals surface area contributed by atoms with Crippen LogP contribution in [0.3, 0.4) is 0 Å². The summed E-state index contributed by atoms with van der Waals surface area (Å²) in [7, 11) is 0. The number of aliphatic imine (C=N–C) groups is 1. The molecule has 0 saturated carbocycles. The van der Waals surface area contributed by atoms with Crippen molar-refractivity contribution in [3.8, 4) is 0 Å². The van der Waals surface area contributed by atoms with Gasteiger partial charge in [0, 0.05) is 19.9 Å². The topological polar surface area (TPSA) is 146 Å². The minimum Gasteiger partial charge on any atom is -0.459 e. The summed E-state index contributed by atoms with van der Waals surface area (Å²) in [5.41, 5.74) is 12.3. The van der Waals surface area contributed by atoms with Gasteiger partial charge in [-0.2, -0.15) is 0 Å². The molecule has 0 aliphatic rings. The second kappa shape index (κ2) is 13.5. The average molecular weight is 455 g/mol. The van der Waals surface area contributed by atoms with Crippen LogP contribution in [0.1, 0.15) is 30.9 Å². The third-order valence-electron chi connectivity index (χ3n) is 4.63. The number of carbonyl (C=O) groups is 3. The normalized spacial score (nSPS) is 12.2. The maximum absolute atomic E-state index is 12.9. The van der Waals surface area contributed by atoms with E-state index in [1.165, 1.54) is 6.92 Å². The summed E-state index contributed by atoms with van der Waals surface area (Å²) in [6.07, 6.45) is -0.261. The van der Waals surface area contributed by atoms with Crippen LogP contribution in [0.15, 0.2) is 65.7 Å². The Labute approximate surface area is 193 Å². The predicted octanol–water partition coefficient (Wildman–Crippen LogP) is 1.44. The minimum absolute atomic E-state index is 0.0624. The quantitative estimate of drug-likeness (QED) is 0.190. The van der Waals surface area contributed by atoms with Crippen LogP contribution in [-0.2, 0) is 36.9 Å². The highest BCUT2D eigenvalue weighted by Gasteiger charge is 2.28. The molecular formula is C24H30N4O5. The van der Waals surface area contributed by atoms with Crippen molar-refractivity contribution in [1.82, 2.24) is 5.32 Å². The molecule has 176 valence electrons. The molecule has 1 amide bonds. The molecule has 0 saturated heterocycles. The zero-order valence-corrected chi connectivity index (χ0v) is 18.6. The van der Waals surface area contributed by atoms with E-state index in [1.807, 2.05) is 60.7 Å². The molecular weight excluding hydrogens is 424 g/mol. The molecule has 2 aromatic rings. The molecule has 2 rings (SSSR count). The van der Waals surface area contributed by atoms with Gasteiger partial charge in [0.25, 0.3) is 5.91 Å². The monoisotopic (exact) mass is 454 g/mol. The van der Waals surface area contributed by atoms with E-state index in [4.69, 9.17) is 20.9 Å². The number of guanidine groups is 1. The van der Waals surface area contributed by atoms with Crippen LogP contribution in [0.25, 0.3) is 0 Å². The van der Waals surface area contributed by atoms with Gasteiger partial charge in [-0.25, -0.2) is 4.79 Å². The lowest BCUT2D eigenvalue weighted by molar-refractivity contribution is -0.156.